The van der Waals surface area contributed by atoms with Gasteiger partial charge in [0.15, 0.2) is 17.3 Å². The van der Waals surface area contributed by atoms with Gasteiger partial charge in [0.2, 0.25) is 0 Å². The molecule has 0 spiro atoms. The first-order valence-corrected chi connectivity index (χ1v) is 18.5. The van der Waals surface area contributed by atoms with Crippen molar-refractivity contribution in [3.8, 4) is 11.5 Å². The summed E-state index contributed by atoms with van der Waals surface area (Å²) in [5, 5.41) is 18.9. The number of unbranched alkanes of at least 4 members (excludes halogenated alkanes) is 6. The third-order valence-electron chi connectivity index (χ3n) is 6.34. The number of hydrogen-bond acceptors (Lipinski definition) is 3. The van der Waals surface area contributed by atoms with Gasteiger partial charge in [-0.1, -0.05) is 147 Å². The van der Waals surface area contributed by atoms with E-state index in [9.17, 15) is 15.0 Å². The molecule has 0 saturated heterocycles. The Bertz CT molecular complexity index is 750. The van der Waals surface area contributed by atoms with Crippen LogP contribution in [0.3, 0.4) is 0 Å². The number of Topliss-reactive ketones (excluding diaryl/α,β-unsaturated/α-hetero) is 1. The van der Waals surface area contributed by atoms with Gasteiger partial charge in [0.1, 0.15) is 0 Å². The second-order valence-electron chi connectivity index (χ2n) is 9.50. The Morgan fingerprint density at radius 1 is 0.667 bits per heavy atom. The summed E-state index contributed by atoms with van der Waals surface area (Å²) < 4.78 is 0. The number of alkyl halides is 6. The second kappa shape index (κ2) is 20.3. The van der Waals surface area contributed by atoms with E-state index in [2.05, 4.69) is 103 Å². The molecule has 0 aliphatic rings. The van der Waals surface area contributed by atoms with Crippen molar-refractivity contribution in [2.24, 2.45) is 0 Å². The number of rotatable bonds is 20. The van der Waals surface area contributed by atoms with Crippen LogP contribution in [-0.2, 0) is 0 Å². The van der Waals surface area contributed by atoms with Crippen molar-refractivity contribution in [3.63, 3.8) is 0 Å². The van der Waals surface area contributed by atoms with E-state index in [0.29, 0.717) is 40.9 Å². The monoisotopic (exact) mass is 886 g/mol. The Kier molecular flexibility index (Phi) is 19.9. The normalized spacial score (nSPS) is 16.8. The lowest BCUT2D eigenvalue weighted by Crippen LogP contribution is -2.27. The van der Waals surface area contributed by atoms with Crippen molar-refractivity contribution in [1.29, 1.82) is 0 Å². The number of ketones is 1. The first kappa shape index (κ1) is 35.4. The molecule has 2 N–H and O–H groups in total. The summed E-state index contributed by atoms with van der Waals surface area (Å²) in [4.78, 5) is 14.8. The molecule has 0 aliphatic heterocycles. The molecule has 0 fully saturated rings. The van der Waals surface area contributed by atoms with Gasteiger partial charge in [0.05, 0.1) is 0 Å². The number of hydrogen-bond donors (Lipinski definition) is 2. The van der Waals surface area contributed by atoms with Gasteiger partial charge in [0.25, 0.3) is 0 Å². The fraction of sp³-hybridized carbons (Fsp3) is 0.741. The number of halogens is 6. The van der Waals surface area contributed by atoms with Crippen molar-refractivity contribution in [1.82, 2.24) is 0 Å². The SMILES string of the molecule is CCCCCC(Br)C(Br)CC(Br)C(Br)CC(Br)C(Br)CCCCCCCC(=O)c1ccc(O)c(O)c1. The van der Waals surface area contributed by atoms with Crippen LogP contribution in [0.2, 0.25) is 0 Å². The fourth-order valence-corrected chi connectivity index (χ4v) is 8.62. The molecule has 9 heteroatoms. The Morgan fingerprint density at radius 2 is 1.14 bits per heavy atom. The number of phenols is 2. The molecule has 0 bridgehead atoms. The Labute approximate surface area is 268 Å². The lowest BCUT2D eigenvalue weighted by Gasteiger charge is -2.26. The number of carbonyl (C=O) groups excluding carboxylic acids is 1. The van der Waals surface area contributed by atoms with Crippen LogP contribution in [-0.4, -0.2) is 45.0 Å². The van der Waals surface area contributed by atoms with Gasteiger partial charge in [-0.25, -0.2) is 0 Å². The van der Waals surface area contributed by atoms with Crippen LogP contribution in [0, 0.1) is 0 Å². The molecule has 6 atom stereocenters. The molecule has 0 aliphatic carbocycles. The largest absolute Gasteiger partial charge is 0.504 e. The maximum absolute atomic E-state index is 12.2. The number of phenolic OH excluding ortho intramolecular Hbond substituents is 2. The maximum Gasteiger partial charge on any atom is 0.163 e. The number of carbonyl (C=O) groups is 1. The molecule has 0 aromatic heterocycles. The molecule has 1 aromatic rings. The molecule has 1 rings (SSSR count). The maximum atomic E-state index is 12.2. The molecule has 36 heavy (non-hydrogen) atoms. The van der Waals surface area contributed by atoms with E-state index >= 15 is 0 Å². The van der Waals surface area contributed by atoms with Crippen LogP contribution in [0.15, 0.2) is 18.2 Å². The van der Waals surface area contributed by atoms with Crippen LogP contribution >= 0.6 is 95.6 Å². The molecule has 1 aromatic carbocycles. The predicted octanol–water partition coefficient (Wildman–Crippen LogP) is 11.0. The summed E-state index contributed by atoms with van der Waals surface area (Å²) in [6.07, 6.45) is 14.1. The van der Waals surface area contributed by atoms with Gasteiger partial charge >= 0.3 is 0 Å². The summed E-state index contributed by atoms with van der Waals surface area (Å²) >= 11 is 23.4. The molecule has 0 radical (unpaired) electrons. The average molecular weight is 892 g/mol. The van der Waals surface area contributed by atoms with E-state index in [1.54, 1.807) is 6.07 Å². The summed E-state index contributed by atoms with van der Waals surface area (Å²) in [6.45, 7) is 2.24. The van der Waals surface area contributed by atoms with Crippen LogP contribution in [0.5, 0.6) is 11.5 Å². The Hall–Kier alpha value is 1.37. The molecular weight excluding hydrogens is 852 g/mol. The highest BCUT2D eigenvalue weighted by Gasteiger charge is 2.27. The first-order chi connectivity index (χ1) is 17.1. The smallest absolute Gasteiger partial charge is 0.163 e. The van der Waals surface area contributed by atoms with Crippen molar-refractivity contribution < 1.29 is 15.0 Å². The molecule has 0 saturated carbocycles. The van der Waals surface area contributed by atoms with E-state index < -0.39 is 0 Å². The zero-order valence-electron chi connectivity index (χ0n) is 21.0. The zero-order valence-corrected chi connectivity index (χ0v) is 30.5. The van der Waals surface area contributed by atoms with Crippen LogP contribution in [0.4, 0.5) is 0 Å². The van der Waals surface area contributed by atoms with Crippen molar-refractivity contribution in [2.45, 2.75) is 119 Å². The van der Waals surface area contributed by atoms with Crippen molar-refractivity contribution in [2.75, 3.05) is 0 Å². The third kappa shape index (κ3) is 14.7. The van der Waals surface area contributed by atoms with E-state index in [4.69, 9.17) is 0 Å². The first-order valence-electron chi connectivity index (χ1n) is 13.0. The van der Waals surface area contributed by atoms with Crippen LogP contribution < -0.4 is 0 Å². The molecule has 6 unspecified atom stereocenters. The van der Waals surface area contributed by atoms with Crippen molar-refractivity contribution in [3.05, 3.63) is 23.8 Å². The predicted molar refractivity (Wildman–Crippen MR) is 176 cm³/mol. The Balaban J connectivity index is 2.19. The summed E-state index contributed by atoms with van der Waals surface area (Å²) in [6, 6.07) is 4.26. The standard InChI is InChI=1S/C27H40Br6O3/c1-2-3-7-10-19(28)21(30)16-23(32)24(33)17-22(31)20(29)11-8-5-4-6-9-12-25(34)18-13-14-26(35)27(36)15-18/h13-15,19-24,35-36H,2-12,16-17H2,1H3. The van der Waals surface area contributed by atoms with Gasteiger partial charge in [-0.2, -0.15) is 0 Å². The summed E-state index contributed by atoms with van der Waals surface area (Å²) in [5.74, 6) is -0.433. The molecule has 3 nitrogen and oxygen atoms in total. The molecule has 208 valence electrons. The summed E-state index contributed by atoms with van der Waals surface area (Å²) in [7, 11) is 0. The van der Waals surface area contributed by atoms with Gasteiger partial charge in [-0.3, -0.25) is 4.79 Å². The van der Waals surface area contributed by atoms with Crippen molar-refractivity contribution >= 4 is 101 Å². The van der Waals surface area contributed by atoms with E-state index in [0.717, 1.165) is 51.4 Å². The van der Waals surface area contributed by atoms with Crippen LogP contribution in [0.25, 0.3) is 0 Å². The molecule has 0 heterocycles. The quantitative estimate of drug-likeness (QED) is 0.0594. The van der Waals surface area contributed by atoms with E-state index in [1.807, 2.05) is 0 Å². The van der Waals surface area contributed by atoms with E-state index in [1.165, 1.54) is 37.8 Å². The van der Waals surface area contributed by atoms with E-state index in [-0.39, 0.29) is 17.3 Å². The van der Waals surface area contributed by atoms with Gasteiger partial charge in [0, 0.05) is 40.9 Å². The lowest BCUT2D eigenvalue weighted by molar-refractivity contribution is 0.0978. The molecule has 0 amide bonds. The van der Waals surface area contributed by atoms with Crippen LogP contribution in [0.1, 0.15) is 101 Å². The topological polar surface area (TPSA) is 57.5 Å². The highest BCUT2D eigenvalue weighted by molar-refractivity contribution is 9.13. The third-order valence-corrected chi connectivity index (χ3v) is 14.7. The highest BCUT2D eigenvalue weighted by Crippen LogP contribution is 2.34. The lowest BCUT2D eigenvalue weighted by atomic mass is 10.0. The van der Waals surface area contributed by atoms with Gasteiger partial charge in [-0.15, -0.1) is 0 Å². The minimum absolute atomic E-state index is 0.0109. The molecular formula is C27H40Br6O3. The minimum atomic E-state index is -0.245. The van der Waals surface area contributed by atoms with Gasteiger partial charge < -0.3 is 10.2 Å². The average Bonchev–Trinajstić information content (AvgIpc) is 2.84. The number of benzene rings is 1. The second-order valence-corrected chi connectivity index (χ2v) is 16.6. The van der Waals surface area contributed by atoms with Gasteiger partial charge in [-0.05, 0) is 50.3 Å². The number of aromatic hydroxyl groups is 2. The Morgan fingerprint density at radius 3 is 1.67 bits per heavy atom. The summed E-state index contributed by atoms with van der Waals surface area (Å²) in [5.41, 5.74) is 0.456. The minimum Gasteiger partial charge on any atom is -0.504 e. The zero-order chi connectivity index (χ0) is 27.1. The highest BCUT2D eigenvalue weighted by atomic mass is 79.9. The fourth-order valence-electron chi connectivity index (χ4n) is 3.97.